The molecule has 1 atom stereocenters. The van der Waals surface area contributed by atoms with Crippen molar-refractivity contribution >= 4 is 17.3 Å². The van der Waals surface area contributed by atoms with Crippen LogP contribution in [0.3, 0.4) is 0 Å². The molecule has 108 valence electrons. The molecule has 1 unspecified atom stereocenters. The van der Waals surface area contributed by atoms with Gasteiger partial charge in [-0.1, -0.05) is 12.1 Å². The molecule has 0 saturated heterocycles. The van der Waals surface area contributed by atoms with Crippen molar-refractivity contribution in [1.82, 2.24) is 0 Å². The molecular formula is C16H16N2O3. The molecule has 0 saturated carbocycles. The van der Waals surface area contributed by atoms with Crippen molar-refractivity contribution in [2.45, 2.75) is 6.10 Å². The summed E-state index contributed by atoms with van der Waals surface area (Å²) in [4.78, 5) is 14.0. The average molecular weight is 284 g/mol. The SMILES string of the molecule is CN(C(=O)C1COc2ccccc2O1)c1ccc(N)cc1. The third-order valence-corrected chi connectivity index (χ3v) is 3.40. The lowest BCUT2D eigenvalue weighted by Crippen LogP contribution is -2.45. The number of hydrogen-bond donors (Lipinski definition) is 1. The normalized spacial score (nSPS) is 16.3. The van der Waals surface area contributed by atoms with Crippen molar-refractivity contribution in [3.63, 3.8) is 0 Å². The van der Waals surface area contributed by atoms with E-state index in [0.29, 0.717) is 17.2 Å². The molecule has 1 amide bonds. The molecule has 21 heavy (non-hydrogen) atoms. The van der Waals surface area contributed by atoms with Gasteiger partial charge < -0.3 is 20.1 Å². The fraction of sp³-hybridized carbons (Fsp3) is 0.188. The third-order valence-electron chi connectivity index (χ3n) is 3.40. The molecule has 1 heterocycles. The van der Waals surface area contributed by atoms with Crippen molar-refractivity contribution in [3.05, 3.63) is 48.5 Å². The van der Waals surface area contributed by atoms with E-state index in [-0.39, 0.29) is 12.5 Å². The second-order valence-electron chi connectivity index (χ2n) is 4.85. The largest absolute Gasteiger partial charge is 0.485 e. The Morgan fingerprint density at radius 1 is 1.14 bits per heavy atom. The number of nitrogens with two attached hydrogens (primary N) is 1. The highest BCUT2D eigenvalue weighted by Crippen LogP contribution is 2.31. The molecular weight excluding hydrogens is 268 g/mol. The zero-order chi connectivity index (χ0) is 14.8. The predicted molar refractivity (Wildman–Crippen MR) is 80.6 cm³/mol. The molecule has 0 spiro atoms. The first-order chi connectivity index (χ1) is 10.1. The summed E-state index contributed by atoms with van der Waals surface area (Å²) in [6, 6.07) is 14.4. The summed E-state index contributed by atoms with van der Waals surface area (Å²) >= 11 is 0. The molecule has 1 aliphatic rings. The number of nitrogens with zero attached hydrogens (tertiary/aromatic N) is 1. The van der Waals surface area contributed by atoms with Gasteiger partial charge in [0.15, 0.2) is 11.5 Å². The number of likely N-dealkylation sites (N-methyl/N-ethyl adjacent to an activating group) is 1. The van der Waals surface area contributed by atoms with Crippen LogP contribution in [0.1, 0.15) is 0 Å². The zero-order valence-corrected chi connectivity index (χ0v) is 11.7. The van der Waals surface area contributed by atoms with E-state index in [1.807, 2.05) is 18.2 Å². The summed E-state index contributed by atoms with van der Waals surface area (Å²) in [5, 5.41) is 0. The minimum absolute atomic E-state index is 0.158. The fourth-order valence-corrected chi connectivity index (χ4v) is 2.18. The molecule has 2 N–H and O–H groups in total. The maximum absolute atomic E-state index is 12.5. The van der Waals surface area contributed by atoms with Crippen LogP contribution in [-0.4, -0.2) is 25.7 Å². The molecule has 1 aliphatic heterocycles. The number of para-hydroxylation sites is 2. The highest BCUT2D eigenvalue weighted by molar-refractivity contribution is 5.96. The van der Waals surface area contributed by atoms with E-state index in [1.165, 1.54) is 0 Å². The van der Waals surface area contributed by atoms with Crippen LogP contribution >= 0.6 is 0 Å². The van der Waals surface area contributed by atoms with Gasteiger partial charge in [-0.2, -0.15) is 0 Å². The van der Waals surface area contributed by atoms with Crippen molar-refractivity contribution in [1.29, 1.82) is 0 Å². The fourth-order valence-electron chi connectivity index (χ4n) is 2.18. The summed E-state index contributed by atoms with van der Waals surface area (Å²) in [5.74, 6) is 1.10. The molecule has 0 fully saturated rings. The molecule has 2 aromatic carbocycles. The summed E-state index contributed by atoms with van der Waals surface area (Å²) in [6.07, 6.45) is -0.651. The van der Waals surface area contributed by atoms with Crippen LogP contribution in [0.15, 0.2) is 48.5 Å². The Morgan fingerprint density at radius 3 is 2.52 bits per heavy atom. The lowest BCUT2D eigenvalue weighted by molar-refractivity contribution is -0.127. The summed E-state index contributed by atoms with van der Waals surface area (Å²) < 4.78 is 11.3. The van der Waals surface area contributed by atoms with E-state index < -0.39 is 6.10 Å². The number of fused-ring (bicyclic) bond motifs is 1. The van der Waals surface area contributed by atoms with Crippen LogP contribution < -0.4 is 20.1 Å². The van der Waals surface area contributed by atoms with Crippen molar-refractivity contribution in [3.8, 4) is 11.5 Å². The Kier molecular flexibility index (Phi) is 3.39. The molecule has 0 aromatic heterocycles. The van der Waals surface area contributed by atoms with E-state index in [1.54, 1.807) is 42.3 Å². The zero-order valence-electron chi connectivity index (χ0n) is 11.7. The molecule has 0 bridgehead atoms. The van der Waals surface area contributed by atoms with Gasteiger partial charge in [0.1, 0.15) is 6.61 Å². The van der Waals surface area contributed by atoms with Crippen molar-refractivity contribution in [2.24, 2.45) is 0 Å². The molecule has 0 aliphatic carbocycles. The Labute approximate surface area is 122 Å². The summed E-state index contributed by atoms with van der Waals surface area (Å²) in [7, 11) is 1.71. The van der Waals surface area contributed by atoms with Crippen molar-refractivity contribution in [2.75, 3.05) is 24.3 Å². The lowest BCUT2D eigenvalue weighted by Gasteiger charge is -2.28. The quantitative estimate of drug-likeness (QED) is 0.857. The highest BCUT2D eigenvalue weighted by Gasteiger charge is 2.30. The number of carbonyl (C=O) groups is 1. The van der Waals surface area contributed by atoms with Crippen molar-refractivity contribution < 1.29 is 14.3 Å². The van der Waals surface area contributed by atoms with Gasteiger partial charge in [0.25, 0.3) is 5.91 Å². The number of nitrogen functional groups attached to an aromatic ring is 1. The molecule has 0 radical (unpaired) electrons. The Morgan fingerprint density at radius 2 is 1.81 bits per heavy atom. The molecule has 5 heteroatoms. The van der Waals surface area contributed by atoms with Gasteiger partial charge >= 0.3 is 0 Å². The number of hydrogen-bond acceptors (Lipinski definition) is 4. The maximum Gasteiger partial charge on any atom is 0.271 e. The molecule has 5 nitrogen and oxygen atoms in total. The second kappa shape index (κ2) is 5.36. The molecule has 3 rings (SSSR count). The Hall–Kier alpha value is -2.69. The first-order valence-corrected chi connectivity index (χ1v) is 6.67. The van der Waals surface area contributed by atoms with E-state index in [0.717, 1.165) is 5.69 Å². The Balaban J connectivity index is 1.75. The standard InChI is InChI=1S/C16H16N2O3/c1-18(12-8-6-11(17)7-9-12)16(19)15-10-20-13-4-2-3-5-14(13)21-15/h2-9,15H,10,17H2,1H3. The van der Waals surface area contributed by atoms with Gasteiger partial charge in [-0.15, -0.1) is 0 Å². The minimum atomic E-state index is -0.651. The number of amides is 1. The summed E-state index contributed by atoms with van der Waals surface area (Å²) in [6.45, 7) is 0.204. The van der Waals surface area contributed by atoms with Gasteiger partial charge in [0.2, 0.25) is 6.10 Å². The van der Waals surface area contributed by atoms with E-state index in [4.69, 9.17) is 15.2 Å². The number of rotatable bonds is 2. The highest BCUT2D eigenvalue weighted by atomic mass is 16.6. The minimum Gasteiger partial charge on any atom is -0.485 e. The van der Waals surface area contributed by atoms with Gasteiger partial charge in [-0.25, -0.2) is 0 Å². The predicted octanol–water partition coefficient (Wildman–Crippen LogP) is 2.07. The van der Waals surface area contributed by atoms with Crippen LogP contribution in [0.25, 0.3) is 0 Å². The van der Waals surface area contributed by atoms with Crippen LogP contribution in [0, 0.1) is 0 Å². The van der Waals surface area contributed by atoms with Gasteiger partial charge in [0, 0.05) is 18.4 Å². The van der Waals surface area contributed by atoms with E-state index in [2.05, 4.69) is 0 Å². The number of ether oxygens (including phenoxy) is 2. The summed E-state index contributed by atoms with van der Waals surface area (Å²) in [5.41, 5.74) is 7.07. The lowest BCUT2D eigenvalue weighted by atomic mass is 10.2. The van der Waals surface area contributed by atoms with E-state index in [9.17, 15) is 4.79 Å². The molecule has 2 aromatic rings. The monoisotopic (exact) mass is 284 g/mol. The van der Waals surface area contributed by atoms with E-state index >= 15 is 0 Å². The van der Waals surface area contributed by atoms with Crippen LogP contribution in [0.2, 0.25) is 0 Å². The van der Waals surface area contributed by atoms with Crippen LogP contribution in [0.4, 0.5) is 11.4 Å². The topological polar surface area (TPSA) is 64.8 Å². The average Bonchev–Trinajstić information content (AvgIpc) is 2.54. The number of benzene rings is 2. The first-order valence-electron chi connectivity index (χ1n) is 6.67. The van der Waals surface area contributed by atoms with Crippen LogP contribution in [-0.2, 0) is 4.79 Å². The number of carbonyl (C=O) groups excluding carboxylic acids is 1. The van der Waals surface area contributed by atoms with Gasteiger partial charge in [-0.3, -0.25) is 4.79 Å². The first kappa shape index (κ1) is 13.3. The third kappa shape index (κ3) is 2.63. The smallest absolute Gasteiger partial charge is 0.271 e. The van der Waals surface area contributed by atoms with Gasteiger partial charge in [0.05, 0.1) is 0 Å². The second-order valence-corrected chi connectivity index (χ2v) is 4.85. The number of anilines is 2. The Bertz CT molecular complexity index is 655. The van der Waals surface area contributed by atoms with Gasteiger partial charge in [-0.05, 0) is 36.4 Å². The maximum atomic E-state index is 12.5. The van der Waals surface area contributed by atoms with Crippen LogP contribution in [0.5, 0.6) is 11.5 Å².